The molecule has 0 aromatic heterocycles. The molecular formula is C14H23N3O2S. The molecular weight excluding hydrogens is 274 g/mol. The van der Waals surface area contributed by atoms with Gasteiger partial charge >= 0.3 is 0 Å². The summed E-state index contributed by atoms with van der Waals surface area (Å²) in [5, 5.41) is 3.37. The topological polar surface area (TPSA) is 61.4 Å². The molecule has 1 saturated heterocycles. The normalized spacial score (nSPS) is 17.9. The summed E-state index contributed by atoms with van der Waals surface area (Å²) in [7, 11) is -1.10. The van der Waals surface area contributed by atoms with Crippen LogP contribution >= 0.6 is 0 Å². The molecule has 1 fully saturated rings. The predicted molar refractivity (Wildman–Crippen MR) is 83.6 cm³/mol. The molecule has 1 aliphatic rings. The maximum atomic E-state index is 11.4. The summed E-state index contributed by atoms with van der Waals surface area (Å²) < 4.78 is 25.2. The van der Waals surface area contributed by atoms with Crippen LogP contribution in [-0.4, -0.2) is 46.3 Å². The smallest absolute Gasteiger partial charge is 0.229 e. The number of sulfonamides is 1. The van der Waals surface area contributed by atoms with Gasteiger partial charge in [-0.2, -0.15) is 0 Å². The summed E-state index contributed by atoms with van der Waals surface area (Å²) in [5.74, 6) is 0.650. The third-order valence-corrected chi connectivity index (χ3v) is 4.23. The zero-order chi connectivity index (χ0) is 14.6. The summed E-state index contributed by atoms with van der Waals surface area (Å²) in [5.41, 5.74) is 1.46. The van der Waals surface area contributed by atoms with Crippen molar-refractivity contribution in [2.45, 2.75) is 12.8 Å². The third-order valence-electron chi connectivity index (χ3n) is 3.64. The van der Waals surface area contributed by atoms with Crippen molar-refractivity contribution in [2.75, 3.05) is 43.0 Å². The number of nitrogens with zero attached hydrogens (tertiary/aromatic N) is 1. The molecule has 0 aliphatic carbocycles. The SMILES string of the molecule is CN1CCC(CNc2ccccc2NS(C)(=O)=O)CC1. The largest absolute Gasteiger partial charge is 0.383 e. The molecule has 1 aromatic carbocycles. The minimum Gasteiger partial charge on any atom is -0.383 e. The van der Waals surface area contributed by atoms with Crippen molar-refractivity contribution >= 4 is 21.4 Å². The van der Waals surface area contributed by atoms with E-state index in [0.717, 1.165) is 25.3 Å². The fraction of sp³-hybridized carbons (Fsp3) is 0.571. The lowest BCUT2D eigenvalue weighted by atomic mass is 9.97. The highest BCUT2D eigenvalue weighted by Crippen LogP contribution is 2.23. The van der Waals surface area contributed by atoms with Crippen molar-refractivity contribution in [3.8, 4) is 0 Å². The van der Waals surface area contributed by atoms with Crippen LogP contribution in [0.1, 0.15) is 12.8 Å². The number of likely N-dealkylation sites (tertiary alicyclic amines) is 1. The van der Waals surface area contributed by atoms with Gasteiger partial charge in [-0.15, -0.1) is 0 Å². The highest BCUT2D eigenvalue weighted by molar-refractivity contribution is 7.92. The average molecular weight is 297 g/mol. The van der Waals surface area contributed by atoms with E-state index in [1.165, 1.54) is 19.1 Å². The van der Waals surface area contributed by atoms with Crippen LogP contribution < -0.4 is 10.0 Å². The van der Waals surface area contributed by atoms with Gasteiger partial charge in [-0.3, -0.25) is 4.72 Å². The van der Waals surface area contributed by atoms with E-state index >= 15 is 0 Å². The molecule has 20 heavy (non-hydrogen) atoms. The van der Waals surface area contributed by atoms with Crippen LogP contribution in [0.15, 0.2) is 24.3 Å². The third kappa shape index (κ3) is 4.68. The average Bonchev–Trinajstić information content (AvgIpc) is 2.38. The van der Waals surface area contributed by atoms with Crippen LogP contribution in [0.25, 0.3) is 0 Å². The Bertz CT molecular complexity index is 537. The van der Waals surface area contributed by atoms with Gasteiger partial charge in [0.2, 0.25) is 10.0 Å². The van der Waals surface area contributed by atoms with Crippen LogP contribution in [0, 0.1) is 5.92 Å². The van der Waals surface area contributed by atoms with Gasteiger partial charge in [-0.25, -0.2) is 8.42 Å². The summed E-state index contributed by atoms with van der Waals surface area (Å²) in [6.07, 6.45) is 3.54. The molecule has 0 radical (unpaired) electrons. The molecule has 1 aromatic rings. The minimum atomic E-state index is -3.25. The number of benzene rings is 1. The van der Waals surface area contributed by atoms with Gasteiger partial charge in [0, 0.05) is 6.54 Å². The molecule has 0 unspecified atom stereocenters. The van der Waals surface area contributed by atoms with Crippen molar-refractivity contribution in [2.24, 2.45) is 5.92 Å². The lowest BCUT2D eigenvalue weighted by molar-refractivity contribution is 0.226. The first kappa shape index (κ1) is 15.1. The fourth-order valence-corrected chi connectivity index (χ4v) is 3.02. The molecule has 5 nitrogen and oxygen atoms in total. The molecule has 112 valence electrons. The van der Waals surface area contributed by atoms with Crippen LogP contribution in [0.3, 0.4) is 0 Å². The van der Waals surface area contributed by atoms with Crippen LogP contribution in [0.4, 0.5) is 11.4 Å². The molecule has 0 saturated carbocycles. The van der Waals surface area contributed by atoms with Gasteiger partial charge in [-0.05, 0) is 51.0 Å². The van der Waals surface area contributed by atoms with Crippen molar-refractivity contribution < 1.29 is 8.42 Å². The number of hydrogen-bond acceptors (Lipinski definition) is 4. The maximum absolute atomic E-state index is 11.4. The highest BCUT2D eigenvalue weighted by atomic mass is 32.2. The van der Waals surface area contributed by atoms with Crippen LogP contribution in [0.2, 0.25) is 0 Å². The Morgan fingerprint density at radius 2 is 1.80 bits per heavy atom. The predicted octanol–water partition coefficient (Wildman–Crippen LogP) is 1.81. The van der Waals surface area contributed by atoms with Crippen LogP contribution in [0.5, 0.6) is 0 Å². The van der Waals surface area contributed by atoms with E-state index in [2.05, 4.69) is 22.0 Å². The number of piperidine rings is 1. The van der Waals surface area contributed by atoms with E-state index in [4.69, 9.17) is 0 Å². The Morgan fingerprint density at radius 3 is 2.40 bits per heavy atom. The van der Waals surface area contributed by atoms with Crippen LogP contribution in [-0.2, 0) is 10.0 Å². The van der Waals surface area contributed by atoms with E-state index in [1.54, 1.807) is 6.07 Å². The lowest BCUT2D eigenvalue weighted by Crippen LogP contribution is -2.33. The van der Waals surface area contributed by atoms with Gasteiger partial charge < -0.3 is 10.2 Å². The Balaban J connectivity index is 1.95. The van der Waals surface area contributed by atoms with E-state index in [0.29, 0.717) is 11.6 Å². The molecule has 0 atom stereocenters. The van der Waals surface area contributed by atoms with E-state index in [1.807, 2.05) is 18.2 Å². The highest BCUT2D eigenvalue weighted by Gasteiger charge is 2.16. The maximum Gasteiger partial charge on any atom is 0.229 e. The summed E-state index contributed by atoms with van der Waals surface area (Å²) in [4.78, 5) is 2.34. The molecule has 0 amide bonds. The Kier molecular flexibility index (Phi) is 4.88. The minimum absolute atomic E-state index is 0.614. The Hall–Kier alpha value is -1.27. The summed E-state index contributed by atoms with van der Waals surface area (Å²) in [6, 6.07) is 7.42. The molecule has 1 aliphatic heterocycles. The summed E-state index contributed by atoms with van der Waals surface area (Å²) >= 11 is 0. The molecule has 0 bridgehead atoms. The second-order valence-corrected chi connectivity index (χ2v) is 7.30. The number of anilines is 2. The standard InChI is InChI=1S/C14H23N3O2S/c1-17-9-7-12(8-10-17)11-15-13-5-3-4-6-14(13)16-20(2,18)19/h3-6,12,15-16H,7-11H2,1-2H3. The zero-order valence-electron chi connectivity index (χ0n) is 12.1. The van der Waals surface area contributed by atoms with Gasteiger partial charge in [-0.1, -0.05) is 12.1 Å². The number of nitrogens with one attached hydrogen (secondary N) is 2. The van der Waals surface area contributed by atoms with Gasteiger partial charge in [0.15, 0.2) is 0 Å². The second kappa shape index (κ2) is 6.45. The van der Waals surface area contributed by atoms with Crippen molar-refractivity contribution in [1.29, 1.82) is 0 Å². The first-order valence-corrected chi connectivity index (χ1v) is 8.82. The van der Waals surface area contributed by atoms with Crippen molar-refractivity contribution in [3.05, 3.63) is 24.3 Å². The van der Waals surface area contributed by atoms with E-state index < -0.39 is 10.0 Å². The monoisotopic (exact) mass is 297 g/mol. The molecule has 2 rings (SSSR count). The first-order chi connectivity index (χ1) is 9.44. The van der Waals surface area contributed by atoms with E-state index in [-0.39, 0.29) is 0 Å². The van der Waals surface area contributed by atoms with Gasteiger partial charge in [0.1, 0.15) is 0 Å². The Labute approximate surface area is 121 Å². The molecule has 1 heterocycles. The first-order valence-electron chi connectivity index (χ1n) is 6.93. The number of hydrogen-bond donors (Lipinski definition) is 2. The molecule has 2 N–H and O–H groups in total. The van der Waals surface area contributed by atoms with E-state index in [9.17, 15) is 8.42 Å². The van der Waals surface area contributed by atoms with Crippen molar-refractivity contribution in [3.63, 3.8) is 0 Å². The number of rotatable bonds is 5. The van der Waals surface area contributed by atoms with Gasteiger partial charge in [0.05, 0.1) is 17.6 Å². The fourth-order valence-electron chi connectivity index (χ4n) is 2.45. The number of para-hydroxylation sites is 2. The second-order valence-electron chi connectivity index (χ2n) is 5.55. The Morgan fingerprint density at radius 1 is 1.20 bits per heavy atom. The lowest BCUT2D eigenvalue weighted by Gasteiger charge is -2.29. The molecule has 0 spiro atoms. The van der Waals surface area contributed by atoms with Gasteiger partial charge in [0.25, 0.3) is 0 Å². The zero-order valence-corrected chi connectivity index (χ0v) is 12.9. The van der Waals surface area contributed by atoms with Crippen molar-refractivity contribution in [1.82, 2.24) is 4.90 Å². The quantitative estimate of drug-likeness (QED) is 0.870. The molecule has 6 heteroatoms. The summed E-state index contributed by atoms with van der Waals surface area (Å²) in [6.45, 7) is 3.15.